The van der Waals surface area contributed by atoms with Crippen LogP contribution in [0.4, 0.5) is 5.69 Å². The summed E-state index contributed by atoms with van der Waals surface area (Å²) in [5.74, 6) is 0. The van der Waals surface area contributed by atoms with Crippen LogP contribution in [0.15, 0.2) is 24.3 Å². The molecule has 1 heterocycles. The van der Waals surface area contributed by atoms with Crippen molar-refractivity contribution < 1.29 is 4.92 Å². The van der Waals surface area contributed by atoms with Crippen LogP contribution in [0.1, 0.15) is 25.3 Å². The summed E-state index contributed by atoms with van der Waals surface area (Å²) >= 11 is 0. The van der Waals surface area contributed by atoms with E-state index < -0.39 is 0 Å². The van der Waals surface area contributed by atoms with Gasteiger partial charge in [-0.1, -0.05) is 19.1 Å². The fraction of sp³-hybridized carbons (Fsp3) is 0.600. The highest BCUT2D eigenvalue weighted by Gasteiger charge is 2.21. The van der Waals surface area contributed by atoms with Crippen LogP contribution in [0.5, 0.6) is 0 Å². The molecule has 1 unspecified atom stereocenters. The molecule has 6 heteroatoms. The maximum Gasteiger partial charge on any atom is 0.269 e. The van der Waals surface area contributed by atoms with E-state index in [1.807, 2.05) is 12.1 Å². The van der Waals surface area contributed by atoms with Gasteiger partial charge >= 0.3 is 0 Å². The molecular weight excluding hydrogens is 290 g/mol. The topological polar surface area (TPSA) is 58.4 Å². The molecule has 1 aromatic rings. The Labute approximate surface area is 132 Å². The van der Waals surface area contributed by atoms with E-state index in [1.165, 1.54) is 12.0 Å². The highest BCUT2D eigenvalue weighted by atomic mass is 35.5. The number of nitro groups is 1. The van der Waals surface area contributed by atoms with E-state index in [9.17, 15) is 10.1 Å². The van der Waals surface area contributed by atoms with E-state index in [4.69, 9.17) is 0 Å². The van der Waals surface area contributed by atoms with E-state index in [2.05, 4.69) is 17.1 Å². The lowest BCUT2D eigenvalue weighted by molar-refractivity contribution is -0.384. The number of benzene rings is 1. The Hall–Kier alpha value is -1.17. The van der Waals surface area contributed by atoms with Gasteiger partial charge in [-0.2, -0.15) is 0 Å². The number of nitrogens with one attached hydrogen (secondary N) is 1. The predicted molar refractivity (Wildman–Crippen MR) is 87.2 cm³/mol. The van der Waals surface area contributed by atoms with Gasteiger partial charge in [-0.05, 0) is 37.9 Å². The second kappa shape index (κ2) is 8.97. The van der Waals surface area contributed by atoms with Crippen LogP contribution >= 0.6 is 12.4 Å². The summed E-state index contributed by atoms with van der Waals surface area (Å²) in [5, 5.41) is 14.0. The molecule has 1 saturated heterocycles. The Kier molecular flexibility index (Phi) is 7.64. The lowest BCUT2D eigenvalue weighted by atomic mass is 10.1. The van der Waals surface area contributed by atoms with Crippen molar-refractivity contribution in [3.8, 4) is 0 Å². The minimum atomic E-state index is -0.350. The number of hydrogen-bond donors (Lipinski definition) is 1. The van der Waals surface area contributed by atoms with Gasteiger partial charge in [0.05, 0.1) is 4.92 Å². The van der Waals surface area contributed by atoms with Crippen molar-refractivity contribution in [1.29, 1.82) is 0 Å². The summed E-state index contributed by atoms with van der Waals surface area (Å²) in [5.41, 5.74) is 1.34. The zero-order chi connectivity index (χ0) is 14.4. The van der Waals surface area contributed by atoms with E-state index in [1.54, 1.807) is 12.1 Å². The molecule has 118 valence electrons. The molecule has 0 aromatic heterocycles. The molecule has 1 aliphatic heterocycles. The molecule has 21 heavy (non-hydrogen) atoms. The van der Waals surface area contributed by atoms with Gasteiger partial charge in [0.1, 0.15) is 0 Å². The molecule has 1 atom stereocenters. The van der Waals surface area contributed by atoms with E-state index in [0.29, 0.717) is 6.04 Å². The summed E-state index contributed by atoms with van der Waals surface area (Å²) in [4.78, 5) is 12.8. The first-order valence-electron chi connectivity index (χ1n) is 7.39. The second-order valence-electron chi connectivity index (χ2n) is 5.36. The van der Waals surface area contributed by atoms with Crippen LogP contribution in [-0.4, -0.2) is 42.0 Å². The fourth-order valence-electron chi connectivity index (χ4n) is 2.77. The first-order chi connectivity index (χ1) is 9.70. The summed E-state index contributed by atoms with van der Waals surface area (Å²) in [6.07, 6.45) is 3.34. The van der Waals surface area contributed by atoms with Crippen molar-refractivity contribution in [1.82, 2.24) is 10.2 Å². The standard InChI is InChI=1S/C15H23N3O2.ClH/c1-2-10-17(15-7-9-16-12-15)11-8-13-3-5-14(6-4-13)18(19)20;/h3-6,15-16H,2,7-12H2,1H3;1H. The van der Waals surface area contributed by atoms with Crippen LogP contribution in [0.25, 0.3) is 0 Å². The molecule has 0 bridgehead atoms. The third-order valence-electron chi connectivity index (χ3n) is 3.90. The first-order valence-corrected chi connectivity index (χ1v) is 7.39. The Morgan fingerprint density at radius 2 is 2.05 bits per heavy atom. The molecule has 1 fully saturated rings. The van der Waals surface area contributed by atoms with E-state index >= 15 is 0 Å². The maximum absolute atomic E-state index is 10.6. The zero-order valence-electron chi connectivity index (χ0n) is 12.5. The van der Waals surface area contributed by atoms with Crippen molar-refractivity contribution >= 4 is 18.1 Å². The number of halogens is 1. The lowest BCUT2D eigenvalue weighted by Crippen LogP contribution is -2.38. The van der Waals surface area contributed by atoms with Gasteiger partial charge < -0.3 is 5.32 Å². The van der Waals surface area contributed by atoms with Gasteiger partial charge in [-0.3, -0.25) is 15.0 Å². The van der Waals surface area contributed by atoms with Crippen molar-refractivity contribution in [3.63, 3.8) is 0 Å². The highest BCUT2D eigenvalue weighted by Crippen LogP contribution is 2.14. The van der Waals surface area contributed by atoms with Crippen molar-refractivity contribution in [2.75, 3.05) is 26.2 Å². The average molecular weight is 314 g/mol. The molecule has 1 N–H and O–H groups in total. The van der Waals surface area contributed by atoms with Crippen molar-refractivity contribution in [2.24, 2.45) is 0 Å². The maximum atomic E-state index is 10.6. The van der Waals surface area contributed by atoms with Crippen molar-refractivity contribution in [2.45, 2.75) is 32.2 Å². The third kappa shape index (κ3) is 5.26. The largest absolute Gasteiger partial charge is 0.315 e. The summed E-state index contributed by atoms with van der Waals surface area (Å²) in [7, 11) is 0. The van der Waals surface area contributed by atoms with Crippen LogP contribution in [0.2, 0.25) is 0 Å². The van der Waals surface area contributed by atoms with Gasteiger partial charge in [0.2, 0.25) is 0 Å². The lowest BCUT2D eigenvalue weighted by Gasteiger charge is -2.27. The van der Waals surface area contributed by atoms with Crippen LogP contribution in [-0.2, 0) is 6.42 Å². The van der Waals surface area contributed by atoms with Crippen LogP contribution in [0, 0.1) is 10.1 Å². The smallest absolute Gasteiger partial charge is 0.269 e. The summed E-state index contributed by atoms with van der Waals surface area (Å²) in [6, 6.07) is 7.57. The molecule has 0 aliphatic carbocycles. The molecule has 2 rings (SSSR count). The normalized spacial score (nSPS) is 17.7. The van der Waals surface area contributed by atoms with E-state index in [-0.39, 0.29) is 23.0 Å². The molecule has 1 aliphatic rings. The Morgan fingerprint density at radius 1 is 1.33 bits per heavy atom. The molecule has 0 radical (unpaired) electrons. The zero-order valence-corrected chi connectivity index (χ0v) is 13.3. The molecule has 0 saturated carbocycles. The average Bonchev–Trinajstić information content (AvgIpc) is 2.98. The fourth-order valence-corrected chi connectivity index (χ4v) is 2.77. The monoisotopic (exact) mass is 313 g/mol. The quantitative estimate of drug-likeness (QED) is 0.621. The van der Waals surface area contributed by atoms with Crippen LogP contribution < -0.4 is 5.32 Å². The molecular formula is C15H24ClN3O2. The minimum absolute atomic E-state index is 0. The summed E-state index contributed by atoms with van der Waals surface area (Å²) < 4.78 is 0. The predicted octanol–water partition coefficient (Wildman–Crippen LogP) is 2.63. The Bertz CT molecular complexity index is 433. The first kappa shape index (κ1) is 17.9. The molecule has 0 spiro atoms. The van der Waals surface area contributed by atoms with Gasteiger partial charge in [0.25, 0.3) is 5.69 Å². The van der Waals surface area contributed by atoms with Gasteiger partial charge in [-0.15, -0.1) is 12.4 Å². The Balaban J connectivity index is 0.00000220. The van der Waals surface area contributed by atoms with Gasteiger partial charge in [0, 0.05) is 31.3 Å². The molecule has 5 nitrogen and oxygen atoms in total. The Morgan fingerprint density at radius 3 is 2.57 bits per heavy atom. The van der Waals surface area contributed by atoms with Crippen molar-refractivity contribution in [3.05, 3.63) is 39.9 Å². The number of hydrogen-bond acceptors (Lipinski definition) is 4. The van der Waals surface area contributed by atoms with E-state index in [0.717, 1.165) is 39.0 Å². The van der Waals surface area contributed by atoms with Gasteiger partial charge in [0.15, 0.2) is 0 Å². The molecule has 1 aromatic carbocycles. The number of rotatable bonds is 7. The number of nitrogens with zero attached hydrogens (tertiary/aromatic N) is 2. The second-order valence-corrected chi connectivity index (χ2v) is 5.36. The SMILES string of the molecule is CCCN(CCc1ccc([N+](=O)[O-])cc1)C1CCNC1.Cl. The minimum Gasteiger partial charge on any atom is -0.315 e. The molecule has 0 amide bonds. The number of non-ortho nitro benzene ring substituents is 1. The highest BCUT2D eigenvalue weighted by molar-refractivity contribution is 5.85. The number of nitro benzene ring substituents is 1. The van der Waals surface area contributed by atoms with Gasteiger partial charge in [-0.25, -0.2) is 0 Å². The summed E-state index contributed by atoms with van der Waals surface area (Å²) in [6.45, 7) is 6.56. The third-order valence-corrected chi connectivity index (χ3v) is 3.90. The van der Waals surface area contributed by atoms with Crippen LogP contribution in [0.3, 0.4) is 0 Å².